The predicted molar refractivity (Wildman–Crippen MR) is 58.2 cm³/mol. The lowest BCUT2D eigenvalue weighted by Gasteiger charge is -2.00. The predicted octanol–water partition coefficient (Wildman–Crippen LogP) is 2.07. The molecule has 0 aliphatic carbocycles. The Morgan fingerprint density at radius 2 is 2.36 bits per heavy atom. The zero-order chi connectivity index (χ0) is 9.97. The lowest BCUT2D eigenvalue weighted by Crippen LogP contribution is -2.07. The number of aromatic nitrogens is 3. The van der Waals surface area contributed by atoms with Gasteiger partial charge in [-0.25, -0.2) is 0 Å². The van der Waals surface area contributed by atoms with Crippen LogP contribution in [0.3, 0.4) is 0 Å². The third-order valence-electron chi connectivity index (χ3n) is 1.84. The van der Waals surface area contributed by atoms with E-state index in [1.165, 1.54) is 0 Å². The zero-order valence-electron chi connectivity index (χ0n) is 7.67. The van der Waals surface area contributed by atoms with Crippen LogP contribution >= 0.6 is 22.7 Å². The second kappa shape index (κ2) is 4.12. The van der Waals surface area contributed by atoms with Crippen molar-refractivity contribution in [3.05, 3.63) is 16.7 Å². The van der Waals surface area contributed by atoms with E-state index in [4.69, 9.17) is 5.73 Å². The van der Waals surface area contributed by atoms with Crippen LogP contribution in [0.2, 0.25) is 0 Å². The fraction of sp³-hybridized carbons (Fsp3) is 0.375. The molecule has 2 N–H and O–H groups in total. The highest BCUT2D eigenvalue weighted by Gasteiger charge is 2.12. The molecule has 1 atom stereocenters. The Morgan fingerprint density at radius 1 is 1.50 bits per heavy atom. The van der Waals surface area contributed by atoms with Crippen molar-refractivity contribution in [1.29, 1.82) is 0 Å². The first kappa shape index (κ1) is 9.70. The number of rotatable bonds is 3. The SMILES string of the molecule is CCC(N)c1nnc(-c2cncs2)s1. The number of thiazole rings is 1. The summed E-state index contributed by atoms with van der Waals surface area (Å²) in [6, 6.07) is 0.00849. The average Bonchev–Trinajstić information content (AvgIpc) is 2.86. The third kappa shape index (κ3) is 1.82. The number of hydrogen-bond donors (Lipinski definition) is 1. The summed E-state index contributed by atoms with van der Waals surface area (Å²) in [6.45, 7) is 2.04. The van der Waals surface area contributed by atoms with Gasteiger partial charge >= 0.3 is 0 Å². The Balaban J connectivity index is 2.26. The van der Waals surface area contributed by atoms with Crippen LogP contribution in [-0.4, -0.2) is 15.2 Å². The van der Waals surface area contributed by atoms with Crippen molar-refractivity contribution in [2.45, 2.75) is 19.4 Å². The monoisotopic (exact) mass is 226 g/mol. The Labute approximate surface area is 89.8 Å². The van der Waals surface area contributed by atoms with Gasteiger partial charge in [0, 0.05) is 6.20 Å². The van der Waals surface area contributed by atoms with Gasteiger partial charge in [0.1, 0.15) is 5.01 Å². The summed E-state index contributed by atoms with van der Waals surface area (Å²) >= 11 is 3.11. The Bertz CT molecular complexity index is 395. The van der Waals surface area contributed by atoms with E-state index in [-0.39, 0.29) is 6.04 Å². The van der Waals surface area contributed by atoms with Crippen LogP contribution in [0.4, 0.5) is 0 Å². The lowest BCUT2D eigenvalue weighted by atomic mass is 10.3. The molecule has 0 radical (unpaired) electrons. The van der Waals surface area contributed by atoms with Gasteiger partial charge in [0.05, 0.1) is 16.4 Å². The quantitative estimate of drug-likeness (QED) is 0.870. The molecule has 1 unspecified atom stereocenters. The van der Waals surface area contributed by atoms with Crippen LogP contribution in [0, 0.1) is 0 Å². The molecule has 0 aliphatic rings. The fourth-order valence-corrected chi connectivity index (χ4v) is 2.58. The molecular weight excluding hydrogens is 216 g/mol. The smallest absolute Gasteiger partial charge is 0.159 e. The van der Waals surface area contributed by atoms with E-state index in [0.717, 1.165) is 21.3 Å². The first-order valence-corrected chi connectivity index (χ1v) is 5.98. The van der Waals surface area contributed by atoms with E-state index in [0.29, 0.717) is 0 Å². The highest BCUT2D eigenvalue weighted by molar-refractivity contribution is 7.20. The molecule has 0 spiro atoms. The first-order chi connectivity index (χ1) is 6.81. The van der Waals surface area contributed by atoms with Crippen molar-refractivity contribution >= 4 is 22.7 Å². The maximum atomic E-state index is 5.86. The van der Waals surface area contributed by atoms with Crippen molar-refractivity contribution in [2.24, 2.45) is 5.73 Å². The molecule has 2 rings (SSSR count). The van der Waals surface area contributed by atoms with E-state index < -0.39 is 0 Å². The van der Waals surface area contributed by atoms with Gasteiger partial charge in [0.25, 0.3) is 0 Å². The highest BCUT2D eigenvalue weighted by Crippen LogP contribution is 2.28. The van der Waals surface area contributed by atoms with Gasteiger partial charge in [-0.15, -0.1) is 21.5 Å². The van der Waals surface area contributed by atoms with Gasteiger partial charge in [-0.1, -0.05) is 18.3 Å². The summed E-state index contributed by atoms with van der Waals surface area (Å²) in [4.78, 5) is 5.05. The van der Waals surface area contributed by atoms with Crippen LogP contribution in [0.5, 0.6) is 0 Å². The van der Waals surface area contributed by atoms with Crippen molar-refractivity contribution < 1.29 is 0 Å². The topological polar surface area (TPSA) is 64.7 Å². The van der Waals surface area contributed by atoms with Crippen molar-refractivity contribution in [3.8, 4) is 9.88 Å². The molecule has 2 aromatic rings. The molecular formula is C8H10N4S2. The summed E-state index contributed by atoms with van der Waals surface area (Å²) < 4.78 is 0. The molecule has 0 aromatic carbocycles. The van der Waals surface area contributed by atoms with Gasteiger partial charge in [-0.3, -0.25) is 4.98 Å². The second-order valence-corrected chi connectivity index (χ2v) is 4.72. The molecule has 2 heterocycles. The minimum Gasteiger partial charge on any atom is -0.322 e. The summed E-state index contributed by atoms with van der Waals surface area (Å²) in [5.41, 5.74) is 7.64. The summed E-state index contributed by atoms with van der Waals surface area (Å²) in [5.74, 6) is 0. The maximum absolute atomic E-state index is 5.86. The molecule has 0 saturated carbocycles. The zero-order valence-corrected chi connectivity index (χ0v) is 9.31. The minimum atomic E-state index is 0.00849. The lowest BCUT2D eigenvalue weighted by molar-refractivity contribution is 0.683. The van der Waals surface area contributed by atoms with Crippen LogP contribution < -0.4 is 5.73 Å². The van der Waals surface area contributed by atoms with Crippen molar-refractivity contribution in [2.75, 3.05) is 0 Å². The number of nitrogens with two attached hydrogens (primary N) is 1. The average molecular weight is 226 g/mol. The van der Waals surface area contributed by atoms with E-state index in [1.807, 2.05) is 6.92 Å². The van der Waals surface area contributed by atoms with E-state index in [1.54, 1.807) is 34.4 Å². The summed E-state index contributed by atoms with van der Waals surface area (Å²) in [6.07, 6.45) is 2.68. The van der Waals surface area contributed by atoms with Crippen LogP contribution in [0.1, 0.15) is 24.4 Å². The molecule has 2 aromatic heterocycles. The molecule has 0 fully saturated rings. The Morgan fingerprint density at radius 3 is 3.00 bits per heavy atom. The number of nitrogens with zero attached hydrogens (tertiary/aromatic N) is 3. The summed E-state index contributed by atoms with van der Waals surface area (Å²) in [5, 5.41) is 9.96. The standard InChI is InChI=1S/C8H10N4S2/c1-2-5(9)7-11-12-8(14-7)6-3-10-4-13-6/h3-5H,2,9H2,1H3. The van der Waals surface area contributed by atoms with Crippen molar-refractivity contribution in [3.63, 3.8) is 0 Å². The first-order valence-electron chi connectivity index (χ1n) is 4.29. The highest BCUT2D eigenvalue weighted by atomic mass is 32.1. The second-order valence-electron chi connectivity index (χ2n) is 2.83. The van der Waals surface area contributed by atoms with Gasteiger partial charge in [0.15, 0.2) is 5.01 Å². The van der Waals surface area contributed by atoms with Gasteiger partial charge in [-0.2, -0.15) is 0 Å². The molecule has 0 amide bonds. The number of hydrogen-bond acceptors (Lipinski definition) is 6. The fourth-order valence-electron chi connectivity index (χ4n) is 0.980. The molecule has 0 aliphatic heterocycles. The molecule has 0 saturated heterocycles. The van der Waals surface area contributed by atoms with Gasteiger partial charge in [-0.05, 0) is 6.42 Å². The van der Waals surface area contributed by atoms with Crippen LogP contribution in [0.25, 0.3) is 9.88 Å². The normalized spacial score (nSPS) is 13.0. The van der Waals surface area contributed by atoms with E-state index in [9.17, 15) is 0 Å². The molecule has 74 valence electrons. The van der Waals surface area contributed by atoms with Crippen LogP contribution in [0.15, 0.2) is 11.7 Å². The van der Waals surface area contributed by atoms with Crippen LogP contribution in [-0.2, 0) is 0 Å². The molecule has 4 nitrogen and oxygen atoms in total. The maximum Gasteiger partial charge on any atom is 0.159 e. The van der Waals surface area contributed by atoms with Crippen molar-refractivity contribution in [1.82, 2.24) is 15.2 Å². The molecule has 0 bridgehead atoms. The molecule has 14 heavy (non-hydrogen) atoms. The van der Waals surface area contributed by atoms with E-state index in [2.05, 4.69) is 15.2 Å². The Kier molecular flexibility index (Phi) is 2.85. The summed E-state index contributed by atoms with van der Waals surface area (Å²) in [7, 11) is 0. The van der Waals surface area contributed by atoms with Gasteiger partial charge in [0.2, 0.25) is 0 Å². The third-order valence-corrected chi connectivity index (χ3v) is 3.84. The Hall–Kier alpha value is -0.850. The minimum absolute atomic E-state index is 0.00849. The largest absolute Gasteiger partial charge is 0.322 e. The van der Waals surface area contributed by atoms with Gasteiger partial charge < -0.3 is 5.73 Å². The molecule has 6 heteroatoms. The van der Waals surface area contributed by atoms with E-state index >= 15 is 0 Å².